The maximum absolute atomic E-state index is 5.81. The van der Waals surface area contributed by atoms with Crippen LogP contribution in [0.4, 0.5) is 5.69 Å². The summed E-state index contributed by atoms with van der Waals surface area (Å²) in [5.74, 6) is 1.24. The number of benzene rings is 1. The molecule has 1 aromatic carbocycles. The molecule has 0 aliphatic rings. The van der Waals surface area contributed by atoms with Gasteiger partial charge in [-0.15, -0.1) is 0 Å². The van der Waals surface area contributed by atoms with E-state index < -0.39 is 0 Å². The van der Waals surface area contributed by atoms with Crippen LogP contribution in [0, 0.1) is 6.92 Å². The fourth-order valence-electron chi connectivity index (χ4n) is 1.30. The molecule has 0 saturated heterocycles. The maximum Gasteiger partial charge on any atom is 0.226 e. The van der Waals surface area contributed by atoms with Crippen molar-refractivity contribution in [2.24, 2.45) is 0 Å². The van der Waals surface area contributed by atoms with Crippen LogP contribution < -0.4 is 5.73 Å². The maximum atomic E-state index is 5.81. The third-order valence-corrected chi connectivity index (χ3v) is 2.31. The zero-order valence-corrected chi connectivity index (χ0v) is 8.82. The minimum atomic E-state index is 0.596. The second-order valence-electron chi connectivity index (χ2n) is 3.44. The Labute approximate surface area is 88.1 Å². The molecule has 0 aliphatic carbocycles. The van der Waals surface area contributed by atoms with E-state index in [1.807, 2.05) is 32.0 Å². The number of rotatable bonds is 2. The van der Waals surface area contributed by atoms with Gasteiger partial charge in [-0.05, 0) is 18.6 Å². The summed E-state index contributed by atoms with van der Waals surface area (Å²) in [6, 6.07) is 5.75. The van der Waals surface area contributed by atoms with Crippen LogP contribution in [0.5, 0.6) is 0 Å². The lowest BCUT2D eigenvalue weighted by molar-refractivity contribution is 0.383. The number of nitrogens with two attached hydrogens (primary N) is 1. The van der Waals surface area contributed by atoms with Gasteiger partial charge in [0.05, 0.1) is 0 Å². The zero-order chi connectivity index (χ0) is 10.8. The van der Waals surface area contributed by atoms with Crippen LogP contribution in [0.15, 0.2) is 22.7 Å². The fourth-order valence-corrected chi connectivity index (χ4v) is 1.30. The normalized spacial score (nSPS) is 10.5. The quantitative estimate of drug-likeness (QED) is 0.760. The Morgan fingerprint density at radius 3 is 2.80 bits per heavy atom. The van der Waals surface area contributed by atoms with Crippen LogP contribution in [0.3, 0.4) is 0 Å². The molecule has 0 amide bonds. The number of hydrogen-bond donors (Lipinski definition) is 1. The Hall–Kier alpha value is -1.84. The summed E-state index contributed by atoms with van der Waals surface area (Å²) in [7, 11) is 0. The number of anilines is 1. The molecule has 78 valence electrons. The molecule has 2 rings (SSSR count). The Bertz CT molecular complexity index is 476. The Morgan fingerprint density at radius 2 is 2.20 bits per heavy atom. The van der Waals surface area contributed by atoms with Gasteiger partial charge in [-0.1, -0.05) is 24.2 Å². The van der Waals surface area contributed by atoms with Gasteiger partial charge in [-0.25, -0.2) is 0 Å². The number of nitrogen functional groups attached to an aromatic ring is 1. The average molecular weight is 203 g/mol. The van der Waals surface area contributed by atoms with E-state index in [1.165, 1.54) is 0 Å². The molecule has 0 unspecified atom stereocenters. The van der Waals surface area contributed by atoms with Gasteiger partial charge in [0.1, 0.15) is 0 Å². The molecule has 1 heterocycles. The summed E-state index contributed by atoms with van der Waals surface area (Å²) in [6.45, 7) is 3.94. The van der Waals surface area contributed by atoms with Gasteiger partial charge in [0, 0.05) is 17.7 Å². The summed E-state index contributed by atoms with van der Waals surface area (Å²) in [5, 5.41) is 3.89. The predicted octanol–water partition coefficient (Wildman–Crippen LogP) is 2.19. The lowest BCUT2D eigenvalue weighted by Gasteiger charge is -2.00. The molecule has 0 spiro atoms. The highest BCUT2D eigenvalue weighted by molar-refractivity contribution is 5.63. The van der Waals surface area contributed by atoms with Crippen LogP contribution in [0.2, 0.25) is 0 Å². The van der Waals surface area contributed by atoms with Gasteiger partial charge in [-0.2, -0.15) is 4.98 Å². The molecule has 1 aromatic heterocycles. The summed E-state index contributed by atoms with van der Waals surface area (Å²) in [4.78, 5) is 4.24. The Balaban J connectivity index is 2.40. The van der Waals surface area contributed by atoms with E-state index in [-0.39, 0.29) is 0 Å². The lowest BCUT2D eigenvalue weighted by Crippen LogP contribution is -1.90. The Kier molecular flexibility index (Phi) is 2.41. The van der Waals surface area contributed by atoms with E-state index in [1.54, 1.807) is 0 Å². The molecule has 0 aliphatic heterocycles. The first-order valence-corrected chi connectivity index (χ1v) is 4.89. The molecule has 0 fully saturated rings. The minimum absolute atomic E-state index is 0.596. The number of nitrogens with zero attached hydrogens (tertiary/aromatic N) is 2. The SMILES string of the molecule is CCc1nc(-c2ccc(C)c(N)c2)no1. The molecule has 0 bridgehead atoms. The van der Waals surface area contributed by atoms with Crippen molar-refractivity contribution in [3.05, 3.63) is 29.7 Å². The van der Waals surface area contributed by atoms with E-state index in [4.69, 9.17) is 10.3 Å². The third-order valence-electron chi connectivity index (χ3n) is 2.31. The van der Waals surface area contributed by atoms with E-state index >= 15 is 0 Å². The molecule has 0 saturated carbocycles. The molecule has 2 aromatic rings. The highest BCUT2D eigenvalue weighted by atomic mass is 16.5. The summed E-state index contributed by atoms with van der Waals surface area (Å²) >= 11 is 0. The van der Waals surface area contributed by atoms with Crippen LogP contribution in [-0.4, -0.2) is 10.1 Å². The highest BCUT2D eigenvalue weighted by Crippen LogP contribution is 2.21. The van der Waals surface area contributed by atoms with Crippen LogP contribution in [-0.2, 0) is 6.42 Å². The molecule has 4 heteroatoms. The molecule has 4 nitrogen and oxygen atoms in total. The Morgan fingerprint density at radius 1 is 1.40 bits per heavy atom. The summed E-state index contributed by atoms with van der Waals surface area (Å²) < 4.78 is 5.04. The number of hydrogen-bond acceptors (Lipinski definition) is 4. The largest absolute Gasteiger partial charge is 0.398 e. The van der Waals surface area contributed by atoms with Crippen molar-refractivity contribution in [3.8, 4) is 11.4 Å². The van der Waals surface area contributed by atoms with Crippen LogP contribution in [0.1, 0.15) is 18.4 Å². The number of aromatic nitrogens is 2. The van der Waals surface area contributed by atoms with Gasteiger partial charge in [-0.3, -0.25) is 0 Å². The standard InChI is InChI=1S/C11H13N3O/c1-3-10-13-11(14-15-10)8-5-4-7(2)9(12)6-8/h4-6H,3,12H2,1-2H3. The van der Waals surface area contributed by atoms with Gasteiger partial charge in [0.15, 0.2) is 0 Å². The molecule has 15 heavy (non-hydrogen) atoms. The molecule has 0 radical (unpaired) electrons. The van der Waals surface area contributed by atoms with Crippen molar-refractivity contribution in [1.82, 2.24) is 10.1 Å². The number of aryl methyl sites for hydroxylation is 2. The zero-order valence-electron chi connectivity index (χ0n) is 8.82. The van der Waals surface area contributed by atoms with Crippen molar-refractivity contribution in [3.63, 3.8) is 0 Å². The fraction of sp³-hybridized carbons (Fsp3) is 0.273. The molecular formula is C11H13N3O. The van der Waals surface area contributed by atoms with E-state index in [0.29, 0.717) is 11.7 Å². The van der Waals surface area contributed by atoms with E-state index in [0.717, 1.165) is 23.2 Å². The van der Waals surface area contributed by atoms with Crippen molar-refractivity contribution in [2.75, 3.05) is 5.73 Å². The first-order valence-electron chi connectivity index (χ1n) is 4.89. The van der Waals surface area contributed by atoms with Crippen molar-refractivity contribution < 1.29 is 4.52 Å². The lowest BCUT2D eigenvalue weighted by atomic mass is 10.1. The summed E-state index contributed by atoms with van der Waals surface area (Å²) in [6.07, 6.45) is 0.744. The van der Waals surface area contributed by atoms with Gasteiger partial charge in [0.2, 0.25) is 11.7 Å². The first kappa shape index (κ1) is 9.71. The second kappa shape index (κ2) is 3.73. The van der Waals surface area contributed by atoms with Crippen LogP contribution >= 0.6 is 0 Å². The van der Waals surface area contributed by atoms with E-state index in [2.05, 4.69) is 10.1 Å². The molecular weight excluding hydrogens is 190 g/mol. The second-order valence-corrected chi connectivity index (χ2v) is 3.44. The molecule has 0 atom stereocenters. The van der Waals surface area contributed by atoms with Crippen molar-refractivity contribution in [2.45, 2.75) is 20.3 Å². The molecule has 2 N–H and O–H groups in total. The smallest absolute Gasteiger partial charge is 0.226 e. The predicted molar refractivity (Wildman–Crippen MR) is 58.3 cm³/mol. The highest BCUT2D eigenvalue weighted by Gasteiger charge is 2.07. The van der Waals surface area contributed by atoms with Gasteiger partial charge in [0.25, 0.3) is 0 Å². The van der Waals surface area contributed by atoms with Gasteiger partial charge >= 0.3 is 0 Å². The van der Waals surface area contributed by atoms with Gasteiger partial charge < -0.3 is 10.3 Å². The minimum Gasteiger partial charge on any atom is -0.398 e. The average Bonchev–Trinajstić information content (AvgIpc) is 2.70. The van der Waals surface area contributed by atoms with Crippen LogP contribution in [0.25, 0.3) is 11.4 Å². The van der Waals surface area contributed by atoms with Crippen molar-refractivity contribution in [1.29, 1.82) is 0 Å². The topological polar surface area (TPSA) is 64.9 Å². The first-order chi connectivity index (χ1) is 7.20. The summed E-state index contributed by atoms with van der Waals surface area (Å²) in [5.41, 5.74) is 8.50. The monoisotopic (exact) mass is 203 g/mol. The van der Waals surface area contributed by atoms with Crippen molar-refractivity contribution >= 4 is 5.69 Å². The van der Waals surface area contributed by atoms with E-state index in [9.17, 15) is 0 Å². The third kappa shape index (κ3) is 1.83.